The molecule has 0 aliphatic heterocycles. The zero-order chi connectivity index (χ0) is 23.6. The molecule has 172 valence electrons. The van der Waals surface area contributed by atoms with Gasteiger partial charge >= 0.3 is 0 Å². The Morgan fingerprint density at radius 3 is 2.00 bits per heavy atom. The minimum Gasteiger partial charge on any atom is -0.493 e. The van der Waals surface area contributed by atoms with E-state index in [1.54, 1.807) is 18.2 Å². The highest BCUT2D eigenvalue weighted by Crippen LogP contribution is 2.39. The van der Waals surface area contributed by atoms with Crippen LogP contribution in [0.2, 0.25) is 0 Å². The average molecular weight is 452 g/mol. The molecular formula is C25H25FN2O5. The predicted molar refractivity (Wildman–Crippen MR) is 121 cm³/mol. The lowest BCUT2D eigenvalue weighted by molar-refractivity contribution is 0.0925. The standard InChI is InChI=1S/C25H25FN2O5/c1-31-21-14-18(15-22(32-2)23(21)33-16-17-8-4-3-5-9-17)24(29)27-12-13-28-25(30)19-10-6-7-11-20(19)26/h3-11,14-15H,12-13,16H2,1-2H3,(H,27,29)(H,28,30). The first kappa shape index (κ1) is 23.6. The molecule has 7 nitrogen and oxygen atoms in total. The highest BCUT2D eigenvalue weighted by atomic mass is 19.1. The number of hydrogen-bond donors (Lipinski definition) is 2. The number of carbonyl (C=O) groups is 2. The molecule has 0 saturated carbocycles. The van der Waals surface area contributed by atoms with Crippen LogP contribution in [0.1, 0.15) is 26.3 Å². The van der Waals surface area contributed by atoms with Gasteiger partial charge in [-0.1, -0.05) is 42.5 Å². The van der Waals surface area contributed by atoms with E-state index in [0.717, 1.165) is 5.56 Å². The van der Waals surface area contributed by atoms with E-state index in [9.17, 15) is 14.0 Å². The molecule has 3 aromatic carbocycles. The summed E-state index contributed by atoms with van der Waals surface area (Å²) in [5.41, 5.74) is 1.22. The smallest absolute Gasteiger partial charge is 0.254 e. The first-order valence-electron chi connectivity index (χ1n) is 10.3. The van der Waals surface area contributed by atoms with Crippen LogP contribution in [0.25, 0.3) is 0 Å². The van der Waals surface area contributed by atoms with Crippen LogP contribution < -0.4 is 24.8 Å². The van der Waals surface area contributed by atoms with Gasteiger partial charge in [0.2, 0.25) is 5.75 Å². The molecule has 0 fully saturated rings. The molecule has 0 spiro atoms. The van der Waals surface area contributed by atoms with Crippen molar-refractivity contribution in [3.63, 3.8) is 0 Å². The van der Waals surface area contributed by atoms with Crippen molar-refractivity contribution in [2.75, 3.05) is 27.3 Å². The lowest BCUT2D eigenvalue weighted by Crippen LogP contribution is -2.35. The molecule has 3 rings (SSSR count). The molecule has 0 aliphatic carbocycles. The Hall–Kier alpha value is -4.07. The van der Waals surface area contributed by atoms with Crippen molar-refractivity contribution < 1.29 is 28.2 Å². The van der Waals surface area contributed by atoms with E-state index < -0.39 is 11.7 Å². The van der Waals surface area contributed by atoms with E-state index in [4.69, 9.17) is 14.2 Å². The maximum atomic E-state index is 13.7. The number of methoxy groups -OCH3 is 2. The van der Waals surface area contributed by atoms with Crippen molar-refractivity contribution in [3.05, 3.63) is 89.2 Å². The van der Waals surface area contributed by atoms with Crippen molar-refractivity contribution in [1.82, 2.24) is 10.6 Å². The Kier molecular flexibility index (Phi) is 8.24. The summed E-state index contributed by atoms with van der Waals surface area (Å²) >= 11 is 0. The topological polar surface area (TPSA) is 85.9 Å². The first-order valence-corrected chi connectivity index (χ1v) is 10.3. The van der Waals surface area contributed by atoms with Gasteiger partial charge in [0, 0.05) is 18.7 Å². The molecule has 3 aromatic rings. The number of rotatable bonds is 10. The first-order chi connectivity index (χ1) is 16.0. The zero-order valence-electron chi connectivity index (χ0n) is 18.4. The molecule has 2 N–H and O–H groups in total. The summed E-state index contributed by atoms with van der Waals surface area (Å²) in [6.07, 6.45) is 0. The van der Waals surface area contributed by atoms with E-state index in [1.165, 1.54) is 32.4 Å². The Morgan fingerprint density at radius 1 is 0.818 bits per heavy atom. The van der Waals surface area contributed by atoms with E-state index in [1.807, 2.05) is 30.3 Å². The normalized spacial score (nSPS) is 10.3. The number of ether oxygens (including phenoxy) is 3. The third-order valence-corrected chi connectivity index (χ3v) is 4.76. The van der Waals surface area contributed by atoms with Gasteiger partial charge in [-0.3, -0.25) is 9.59 Å². The van der Waals surface area contributed by atoms with Gasteiger partial charge in [-0.05, 0) is 29.8 Å². The monoisotopic (exact) mass is 452 g/mol. The molecule has 2 amide bonds. The van der Waals surface area contributed by atoms with Crippen molar-refractivity contribution in [2.45, 2.75) is 6.61 Å². The summed E-state index contributed by atoms with van der Waals surface area (Å²) in [4.78, 5) is 24.6. The number of halogens is 1. The third kappa shape index (κ3) is 6.22. The minimum atomic E-state index is -0.604. The van der Waals surface area contributed by atoms with Crippen LogP contribution in [0.5, 0.6) is 17.2 Å². The number of hydrogen-bond acceptors (Lipinski definition) is 5. The molecule has 0 radical (unpaired) electrons. The molecule has 0 atom stereocenters. The summed E-state index contributed by atoms with van der Waals surface area (Å²) in [7, 11) is 2.95. The van der Waals surface area contributed by atoms with Gasteiger partial charge in [0.1, 0.15) is 12.4 Å². The van der Waals surface area contributed by atoms with Crippen molar-refractivity contribution >= 4 is 11.8 Å². The van der Waals surface area contributed by atoms with Crippen LogP contribution in [0.4, 0.5) is 4.39 Å². The SMILES string of the molecule is COc1cc(C(=O)NCCNC(=O)c2ccccc2F)cc(OC)c1OCc1ccccc1. The van der Waals surface area contributed by atoms with Crippen molar-refractivity contribution in [1.29, 1.82) is 0 Å². The van der Waals surface area contributed by atoms with Gasteiger partial charge in [-0.2, -0.15) is 0 Å². The maximum Gasteiger partial charge on any atom is 0.254 e. The molecular weight excluding hydrogens is 427 g/mol. The van der Waals surface area contributed by atoms with E-state index >= 15 is 0 Å². The third-order valence-electron chi connectivity index (χ3n) is 4.76. The van der Waals surface area contributed by atoms with Crippen molar-refractivity contribution in [3.8, 4) is 17.2 Å². The fraction of sp³-hybridized carbons (Fsp3) is 0.200. The summed E-state index contributed by atoms with van der Waals surface area (Å²) in [5, 5.41) is 5.27. The Balaban J connectivity index is 1.60. The van der Waals surface area contributed by atoms with E-state index in [2.05, 4.69) is 10.6 Å². The quantitative estimate of drug-likeness (QED) is 0.460. The van der Waals surface area contributed by atoms with Gasteiger partial charge in [0.25, 0.3) is 11.8 Å². The fourth-order valence-electron chi connectivity index (χ4n) is 3.08. The lowest BCUT2D eigenvalue weighted by Gasteiger charge is -2.16. The number of carbonyl (C=O) groups excluding carboxylic acids is 2. The van der Waals surface area contributed by atoms with Gasteiger partial charge in [-0.15, -0.1) is 0 Å². The molecule has 0 bridgehead atoms. The second-order valence-electron chi connectivity index (χ2n) is 6.98. The number of benzene rings is 3. The summed E-state index contributed by atoms with van der Waals surface area (Å²) in [6.45, 7) is 0.585. The Bertz CT molecular complexity index is 1080. The highest BCUT2D eigenvalue weighted by Gasteiger charge is 2.18. The molecule has 8 heteroatoms. The second-order valence-corrected chi connectivity index (χ2v) is 6.98. The van der Waals surface area contributed by atoms with Gasteiger partial charge < -0.3 is 24.8 Å². The maximum absolute atomic E-state index is 13.7. The molecule has 0 unspecified atom stereocenters. The van der Waals surface area contributed by atoms with Gasteiger partial charge in [0.15, 0.2) is 11.5 Å². The summed E-state index contributed by atoms with van der Waals surface area (Å²) in [6, 6.07) is 18.4. The molecule has 0 saturated heterocycles. The van der Waals surface area contributed by atoms with Crippen LogP contribution in [0, 0.1) is 5.82 Å². The largest absolute Gasteiger partial charge is 0.493 e. The fourth-order valence-corrected chi connectivity index (χ4v) is 3.08. The molecule has 0 aliphatic rings. The van der Waals surface area contributed by atoms with E-state index in [0.29, 0.717) is 29.4 Å². The van der Waals surface area contributed by atoms with Crippen LogP contribution in [-0.2, 0) is 6.61 Å². The van der Waals surface area contributed by atoms with Crippen LogP contribution in [0.3, 0.4) is 0 Å². The lowest BCUT2D eigenvalue weighted by atomic mass is 10.1. The number of amides is 2. The minimum absolute atomic E-state index is 0.0515. The van der Waals surface area contributed by atoms with Gasteiger partial charge in [-0.25, -0.2) is 4.39 Å². The predicted octanol–water partition coefficient (Wildman–Crippen LogP) is 3.58. The van der Waals surface area contributed by atoms with Crippen LogP contribution in [0.15, 0.2) is 66.7 Å². The van der Waals surface area contributed by atoms with E-state index in [-0.39, 0.29) is 24.6 Å². The van der Waals surface area contributed by atoms with Crippen LogP contribution in [-0.4, -0.2) is 39.1 Å². The Labute approximate surface area is 191 Å². The summed E-state index contributed by atoms with van der Waals surface area (Å²) in [5.74, 6) is -0.455. The molecule has 0 heterocycles. The second kappa shape index (κ2) is 11.5. The molecule has 0 aromatic heterocycles. The highest BCUT2D eigenvalue weighted by molar-refractivity contribution is 5.96. The van der Waals surface area contributed by atoms with Crippen molar-refractivity contribution in [2.24, 2.45) is 0 Å². The zero-order valence-corrected chi connectivity index (χ0v) is 18.4. The van der Waals surface area contributed by atoms with Gasteiger partial charge in [0.05, 0.1) is 19.8 Å². The average Bonchev–Trinajstić information content (AvgIpc) is 2.85. The summed E-state index contributed by atoms with van der Waals surface area (Å²) < 4.78 is 30.4. The molecule has 33 heavy (non-hydrogen) atoms. The van der Waals surface area contributed by atoms with Crippen LogP contribution >= 0.6 is 0 Å². The Morgan fingerprint density at radius 2 is 1.39 bits per heavy atom. The number of nitrogens with one attached hydrogen (secondary N) is 2.